The van der Waals surface area contributed by atoms with Crippen molar-refractivity contribution in [2.24, 2.45) is 0 Å². The zero-order valence-corrected chi connectivity index (χ0v) is 25.2. The van der Waals surface area contributed by atoms with E-state index in [1.165, 1.54) is 24.3 Å². The Bertz CT molecular complexity index is 1540. The molecule has 0 atom stereocenters. The van der Waals surface area contributed by atoms with Gasteiger partial charge in [0.15, 0.2) is 17.5 Å². The van der Waals surface area contributed by atoms with Gasteiger partial charge in [0.1, 0.15) is 12.3 Å². The minimum atomic E-state index is -3.92. The van der Waals surface area contributed by atoms with Crippen molar-refractivity contribution in [3.63, 3.8) is 0 Å². The SMILES string of the molecule is Cc1nc(NS(=O)(=O)c2ccc(NC(=O)c3ccccc3SC(=O)CCCC[n+]3ccccc3)cc2)oc1C.[Br-]. The highest BCUT2D eigenvalue weighted by molar-refractivity contribution is 8.13. The number of nitrogens with zero attached hydrogens (tertiary/aromatic N) is 2. The molecule has 0 aliphatic carbocycles. The first-order valence-corrected chi connectivity index (χ1v) is 14.6. The van der Waals surface area contributed by atoms with E-state index < -0.39 is 15.9 Å². The molecule has 0 radical (unpaired) electrons. The van der Waals surface area contributed by atoms with Crippen molar-refractivity contribution in [2.75, 3.05) is 10.0 Å². The summed E-state index contributed by atoms with van der Waals surface area (Å²) in [7, 11) is -3.92. The summed E-state index contributed by atoms with van der Waals surface area (Å²) in [4.78, 5) is 30.2. The lowest BCUT2D eigenvalue weighted by atomic mass is 10.2. The van der Waals surface area contributed by atoms with Crippen molar-refractivity contribution in [3.8, 4) is 0 Å². The molecular weight excluding hydrogens is 616 g/mol. The van der Waals surface area contributed by atoms with Crippen LogP contribution in [0, 0.1) is 13.8 Å². The number of aromatic nitrogens is 2. The first-order valence-electron chi connectivity index (χ1n) is 12.3. The lowest BCUT2D eigenvalue weighted by Crippen LogP contribution is -3.00. The van der Waals surface area contributed by atoms with E-state index in [1.54, 1.807) is 38.1 Å². The van der Waals surface area contributed by atoms with Crippen LogP contribution < -0.4 is 31.6 Å². The van der Waals surface area contributed by atoms with Crippen LogP contribution in [-0.4, -0.2) is 24.4 Å². The molecule has 2 heterocycles. The van der Waals surface area contributed by atoms with E-state index in [4.69, 9.17) is 4.42 Å². The minimum Gasteiger partial charge on any atom is -1.00 e. The van der Waals surface area contributed by atoms with Crippen molar-refractivity contribution < 1.29 is 44.0 Å². The Labute approximate surface area is 248 Å². The molecule has 40 heavy (non-hydrogen) atoms. The van der Waals surface area contributed by atoms with E-state index >= 15 is 0 Å². The summed E-state index contributed by atoms with van der Waals surface area (Å²) >= 11 is 1.06. The monoisotopic (exact) mass is 644 g/mol. The number of aryl methyl sites for hydroxylation is 3. The number of pyridine rings is 1. The van der Waals surface area contributed by atoms with Crippen molar-refractivity contribution in [2.45, 2.75) is 49.4 Å². The fourth-order valence-electron chi connectivity index (χ4n) is 3.67. The highest BCUT2D eigenvalue weighted by Gasteiger charge is 2.19. The Morgan fingerprint density at radius 2 is 1.65 bits per heavy atom. The third-order valence-corrected chi connectivity index (χ3v) is 8.20. The Hall–Kier alpha value is -3.48. The van der Waals surface area contributed by atoms with Crippen molar-refractivity contribution >= 4 is 44.5 Å². The number of amides is 1. The maximum Gasteiger partial charge on any atom is 0.309 e. The van der Waals surface area contributed by atoms with E-state index in [0.717, 1.165) is 31.1 Å². The summed E-state index contributed by atoms with van der Waals surface area (Å²) < 4.78 is 35.0. The maximum atomic E-state index is 13.0. The lowest BCUT2D eigenvalue weighted by molar-refractivity contribution is -0.697. The number of rotatable bonds is 11. The van der Waals surface area contributed by atoms with Gasteiger partial charge in [0.2, 0.25) is 0 Å². The van der Waals surface area contributed by atoms with Crippen LogP contribution in [0.3, 0.4) is 0 Å². The maximum absolute atomic E-state index is 13.0. The van der Waals surface area contributed by atoms with E-state index in [9.17, 15) is 18.0 Å². The van der Waals surface area contributed by atoms with Gasteiger partial charge >= 0.3 is 6.01 Å². The molecule has 210 valence electrons. The second kappa shape index (κ2) is 14.2. The fraction of sp³-hybridized carbons (Fsp3) is 0.214. The third-order valence-electron chi connectivity index (χ3n) is 5.85. The highest BCUT2D eigenvalue weighted by Crippen LogP contribution is 2.26. The van der Waals surface area contributed by atoms with Crippen LogP contribution in [-0.2, 0) is 21.4 Å². The first-order chi connectivity index (χ1) is 18.7. The molecule has 0 aliphatic rings. The zero-order valence-electron chi connectivity index (χ0n) is 22.0. The molecule has 9 nitrogen and oxygen atoms in total. The molecule has 0 spiro atoms. The molecule has 0 bridgehead atoms. The molecule has 2 aromatic heterocycles. The predicted octanol–water partition coefficient (Wildman–Crippen LogP) is 2.13. The number of benzene rings is 2. The standard InChI is InChI=1S/C28H28N4O5S2.BrH/c1-20-21(2)37-28(29-20)31-39(35,36)23-15-13-22(14-16-23)30-27(34)24-10-4-5-11-25(24)38-26(33)12-6-9-19-32-17-7-3-8-18-32;/h3-5,7-8,10-11,13-18H,6,9,12,19H2,1-2H3,(H-,29,30,31,34);1H. The Morgan fingerprint density at radius 3 is 2.33 bits per heavy atom. The van der Waals surface area contributed by atoms with Crippen molar-refractivity contribution in [1.82, 2.24) is 4.98 Å². The third kappa shape index (κ3) is 8.51. The quantitative estimate of drug-likeness (QED) is 0.146. The molecule has 0 saturated heterocycles. The van der Waals surface area contributed by atoms with E-state index in [1.807, 2.05) is 30.6 Å². The van der Waals surface area contributed by atoms with Crippen molar-refractivity contribution in [3.05, 3.63) is 96.1 Å². The molecule has 2 N–H and O–H groups in total. The molecule has 0 unspecified atom stereocenters. The molecule has 4 aromatic rings. The summed E-state index contributed by atoms with van der Waals surface area (Å²) in [5.41, 5.74) is 1.36. The van der Waals surface area contributed by atoms with Gasteiger partial charge < -0.3 is 26.7 Å². The van der Waals surface area contributed by atoms with Gasteiger partial charge in [-0.3, -0.25) is 9.59 Å². The summed E-state index contributed by atoms with van der Waals surface area (Å²) in [6, 6.07) is 18.4. The second-order valence-electron chi connectivity index (χ2n) is 8.79. The summed E-state index contributed by atoms with van der Waals surface area (Å²) in [6.45, 7) is 4.25. The molecular formula is C28H29BrN4O5S2. The Balaban J connectivity index is 0.00000441. The van der Waals surface area contributed by atoms with E-state index in [-0.39, 0.29) is 33.0 Å². The van der Waals surface area contributed by atoms with Gasteiger partial charge in [-0.15, -0.1) is 0 Å². The zero-order chi connectivity index (χ0) is 27.8. The topological polar surface area (TPSA) is 122 Å². The molecule has 12 heteroatoms. The lowest BCUT2D eigenvalue weighted by Gasteiger charge is -2.10. The van der Waals surface area contributed by atoms with Gasteiger partial charge in [-0.2, -0.15) is 4.98 Å². The van der Waals surface area contributed by atoms with E-state index in [2.05, 4.69) is 19.6 Å². The van der Waals surface area contributed by atoms with Gasteiger partial charge in [0, 0.05) is 35.6 Å². The van der Waals surface area contributed by atoms with Crippen LogP contribution in [0.4, 0.5) is 11.7 Å². The fourth-order valence-corrected chi connectivity index (χ4v) is 5.51. The van der Waals surface area contributed by atoms with Crippen LogP contribution in [0.1, 0.15) is 41.1 Å². The number of nitrogens with one attached hydrogen (secondary N) is 2. The summed E-state index contributed by atoms with van der Waals surface area (Å²) in [5.74, 6) is 0.124. The number of sulfonamides is 1. The number of halogens is 1. The molecule has 2 aromatic carbocycles. The number of carbonyl (C=O) groups is 2. The van der Waals surface area contributed by atoms with Gasteiger partial charge in [0.25, 0.3) is 15.9 Å². The predicted molar refractivity (Wildman–Crippen MR) is 149 cm³/mol. The van der Waals surface area contributed by atoms with Gasteiger partial charge in [-0.05, 0) is 56.7 Å². The summed E-state index contributed by atoms with van der Waals surface area (Å²) in [5, 5.41) is 2.76. The van der Waals surface area contributed by atoms with Gasteiger partial charge in [0.05, 0.1) is 16.2 Å². The second-order valence-corrected chi connectivity index (χ2v) is 11.6. The number of oxazole rings is 1. The number of hydrogen-bond donors (Lipinski definition) is 2. The normalized spacial score (nSPS) is 10.9. The van der Waals surface area contributed by atoms with Crippen LogP contribution in [0.5, 0.6) is 0 Å². The summed E-state index contributed by atoms with van der Waals surface area (Å²) in [6.07, 6.45) is 6.02. The number of hydrogen-bond acceptors (Lipinski definition) is 7. The van der Waals surface area contributed by atoms with E-state index in [0.29, 0.717) is 34.0 Å². The molecule has 0 saturated carbocycles. The smallest absolute Gasteiger partial charge is 0.309 e. The molecule has 1 amide bonds. The van der Waals surface area contributed by atoms with Crippen molar-refractivity contribution in [1.29, 1.82) is 0 Å². The van der Waals surface area contributed by atoms with Crippen LogP contribution in [0.2, 0.25) is 0 Å². The Kier molecular flexibility index (Phi) is 11.1. The first kappa shape index (κ1) is 31.1. The number of thioether (sulfide) groups is 1. The number of unbranched alkanes of at least 4 members (excludes halogenated alkanes) is 1. The van der Waals surface area contributed by atoms with Crippen LogP contribution >= 0.6 is 11.8 Å². The largest absolute Gasteiger partial charge is 1.00 e. The average Bonchev–Trinajstić information content (AvgIpc) is 3.23. The minimum absolute atomic E-state index is 0. The van der Waals surface area contributed by atoms with Gasteiger partial charge in [-0.25, -0.2) is 17.7 Å². The average molecular weight is 646 g/mol. The van der Waals surface area contributed by atoms with Crippen LogP contribution in [0.15, 0.2) is 93.3 Å². The number of carbonyl (C=O) groups excluding carboxylic acids is 2. The molecule has 4 rings (SSSR count). The Morgan fingerprint density at radius 1 is 0.950 bits per heavy atom. The highest BCUT2D eigenvalue weighted by atomic mass is 79.9. The number of anilines is 2. The van der Waals surface area contributed by atoms with Gasteiger partial charge in [-0.1, -0.05) is 30.0 Å². The molecule has 0 aliphatic heterocycles. The molecule has 0 fully saturated rings. The van der Waals surface area contributed by atoms with Crippen LogP contribution in [0.25, 0.3) is 0 Å².